The molecule has 182 valence electrons. The van der Waals surface area contributed by atoms with Crippen LogP contribution in [0.1, 0.15) is 56.8 Å². The van der Waals surface area contributed by atoms with Crippen molar-refractivity contribution in [1.82, 2.24) is 0 Å². The molecule has 0 N–H and O–H groups in total. The standard InChI is InChI=1S/C23H26F4O4S2/c1-4-6-16-13-22(2,33(29,30)18-8-5-7-15(11-18)23(25,26)27)14-21(31-16)19-10-9-17(32(3)28)12-20(19)24/h5,7-12,16,21H,4,6,13-14H2,1-3H3. The molecule has 1 aliphatic rings. The number of rotatable bonds is 6. The van der Waals surface area contributed by atoms with Gasteiger partial charge in [0.1, 0.15) is 5.82 Å². The maximum Gasteiger partial charge on any atom is 0.416 e. The van der Waals surface area contributed by atoms with E-state index in [0.29, 0.717) is 18.9 Å². The zero-order chi connectivity index (χ0) is 24.6. The SMILES string of the molecule is CCCC1CC(C)(S(=O)(=O)c2cccc(C(F)(F)F)c2)CC(c2ccc(S(C)=O)cc2F)O1. The molecule has 10 heteroatoms. The first kappa shape index (κ1) is 25.8. The molecule has 0 saturated carbocycles. The van der Waals surface area contributed by atoms with Crippen molar-refractivity contribution in [2.24, 2.45) is 0 Å². The average Bonchev–Trinajstić information content (AvgIpc) is 2.73. The summed E-state index contributed by atoms with van der Waals surface area (Å²) in [5, 5.41) is 0. The van der Waals surface area contributed by atoms with Crippen molar-refractivity contribution < 1.29 is 34.9 Å². The zero-order valence-electron chi connectivity index (χ0n) is 18.5. The van der Waals surface area contributed by atoms with Crippen LogP contribution in [0.5, 0.6) is 0 Å². The Morgan fingerprint density at radius 2 is 1.85 bits per heavy atom. The first-order chi connectivity index (χ1) is 15.3. The first-order valence-corrected chi connectivity index (χ1v) is 13.5. The Hall–Kier alpha value is -1.78. The third kappa shape index (κ3) is 5.33. The quantitative estimate of drug-likeness (QED) is 0.462. The van der Waals surface area contributed by atoms with Crippen LogP contribution in [0.2, 0.25) is 0 Å². The first-order valence-electron chi connectivity index (χ1n) is 10.5. The van der Waals surface area contributed by atoms with Crippen molar-refractivity contribution in [3.8, 4) is 0 Å². The van der Waals surface area contributed by atoms with Gasteiger partial charge in [-0.15, -0.1) is 0 Å². The smallest absolute Gasteiger partial charge is 0.370 e. The predicted molar refractivity (Wildman–Crippen MR) is 118 cm³/mol. The minimum absolute atomic E-state index is 0.0780. The molecule has 0 bridgehead atoms. The van der Waals surface area contributed by atoms with Gasteiger partial charge in [0, 0.05) is 27.5 Å². The number of alkyl halides is 3. The molecule has 4 unspecified atom stereocenters. The number of hydrogen-bond donors (Lipinski definition) is 0. The maximum absolute atomic E-state index is 14.9. The van der Waals surface area contributed by atoms with E-state index in [2.05, 4.69) is 0 Å². The van der Waals surface area contributed by atoms with Gasteiger partial charge in [-0.25, -0.2) is 12.8 Å². The molecule has 0 spiro atoms. The van der Waals surface area contributed by atoms with E-state index in [9.17, 15) is 30.2 Å². The summed E-state index contributed by atoms with van der Waals surface area (Å²) < 4.78 is 97.9. The molecule has 2 aromatic carbocycles. The number of benzene rings is 2. The highest BCUT2D eigenvalue weighted by Crippen LogP contribution is 2.46. The summed E-state index contributed by atoms with van der Waals surface area (Å²) in [5.41, 5.74) is -0.912. The largest absolute Gasteiger partial charge is 0.416 e. The topological polar surface area (TPSA) is 60.4 Å². The summed E-state index contributed by atoms with van der Waals surface area (Å²) in [6, 6.07) is 7.76. The third-order valence-corrected chi connectivity index (χ3v) is 9.44. The number of halogens is 4. The second-order valence-electron chi connectivity index (χ2n) is 8.56. The Bertz CT molecular complexity index is 1150. The lowest BCUT2D eigenvalue weighted by Crippen LogP contribution is -2.46. The van der Waals surface area contributed by atoms with Gasteiger partial charge in [0.2, 0.25) is 0 Å². The molecule has 0 radical (unpaired) electrons. The van der Waals surface area contributed by atoms with Gasteiger partial charge < -0.3 is 4.74 Å². The van der Waals surface area contributed by atoms with Crippen LogP contribution < -0.4 is 0 Å². The summed E-state index contributed by atoms with van der Waals surface area (Å²) >= 11 is 0. The van der Waals surface area contributed by atoms with Crippen molar-refractivity contribution in [2.75, 3.05) is 6.26 Å². The zero-order valence-corrected chi connectivity index (χ0v) is 20.1. The molecule has 2 aromatic rings. The number of ether oxygens (including phenoxy) is 1. The van der Waals surface area contributed by atoms with Crippen LogP contribution >= 0.6 is 0 Å². The summed E-state index contributed by atoms with van der Waals surface area (Å²) in [6.07, 6.45) is -3.54. The minimum Gasteiger partial charge on any atom is -0.370 e. The van der Waals surface area contributed by atoms with Crippen LogP contribution in [0.4, 0.5) is 17.6 Å². The monoisotopic (exact) mass is 506 g/mol. The summed E-state index contributed by atoms with van der Waals surface area (Å²) in [4.78, 5) is -0.135. The van der Waals surface area contributed by atoms with Crippen molar-refractivity contribution in [2.45, 2.75) is 72.5 Å². The summed E-state index contributed by atoms with van der Waals surface area (Å²) in [7, 11) is -5.62. The van der Waals surface area contributed by atoms with E-state index in [0.717, 1.165) is 24.3 Å². The third-order valence-electron chi connectivity index (χ3n) is 6.02. The Morgan fingerprint density at radius 1 is 1.15 bits per heavy atom. The second-order valence-corrected chi connectivity index (χ2v) is 12.4. The Labute approximate surface area is 193 Å². The van der Waals surface area contributed by atoms with Crippen molar-refractivity contribution >= 4 is 20.6 Å². The van der Waals surface area contributed by atoms with Crippen LogP contribution in [-0.2, 0) is 31.5 Å². The fraction of sp³-hybridized carbons (Fsp3) is 0.478. The van der Waals surface area contributed by atoms with Gasteiger partial charge >= 0.3 is 6.18 Å². The molecular weight excluding hydrogens is 480 g/mol. The van der Waals surface area contributed by atoms with Crippen molar-refractivity contribution in [3.05, 3.63) is 59.4 Å². The van der Waals surface area contributed by atoms with Crippen molar-refractivity contribution in [3.63, 3.8) is 0 Å². The van der Waals surface area contributed by atoms with E-state index < -0.39 is 60.0 Å². The van der Waals surface area contributed by atoms with Crippen molar-refractivity contribution in [1.29, 1.82) is 0 Å². The van der Waals surface area contributed by atoms with Gasteiger partial charge in [0.15, 0.2) is 9.84 Å². The second kappa shape index (κ2) is 9.46. The molecule has 1 heterocycles. The van der Waals surface area contributed by atoms with Gasteiger partial charge in [-0.3, -0.25) is 4.21 Å². The van der Waals surface area contributed by atoms with E-state index in [4.69, 9.17) is 4.74 Å². The molecular formula is C23H26F4O4S2. The average molecular weight is 507 g/mol. The highest BCUT2D eigenvalue weighted by atomic mass is 32.2. The van der Waals surface area contributed by atoms with Crippen LogP contribution in [0.3, 0.4) is 0 Å². The van der Waals surface area contributed by atoms with E-state index in [1.807, 2.05) is 6.92 Å². The molecule has 0 aliphatic carbocycles. The Morgan fingerprint density at radius 3 is 2.42 bits per heavy atom. The van der Waals surface area contributed by atoms with Gasteiger partial charge in [0.25, 0.3) is 0 Å². The Balaban J connectivity index is 2.04. The lowest BCUT2D eigenvalue weighted by molar-refractivity contribution is -0.137. The van der Waals surface area contributed by atoms with E-state index in [-0.39, 0.29) is 23.3 Å². The molecule has 3 rings (SSSR count). The highest BCUT2D eigenvalue weighted by Gasteiger charge is 2.48. The van der Waals surface area contributed by atoms with Crippen LogP contribution in [0.25, 0.3) is 0 Å². The highest BCUT2D eigenvalue weighted by molar-refractivity contribution is 7.92. The summed E-state index contributed by atoms with van der Waals surface area (Å²) in [6.45, 7) is 3.38. The van der Waals surface area contributed by atoms with Crippen LogP contribution in [0.15, 0.2) is 52.3 Å². The van der Waals surface area contributed by atoms with E-state index in [1.54, 1.807) is 0 Å². The number of sulfone groups is 1. The molecule has 0 amide bonds. The lowest BCUT2D eigenvalue weighted by atomic mass is 9.87. The molecule has 4 nitrogen and oxygen atoms in total. The fourth-order valence-corrected chi connectivity index (χ4v) is 6.67. The fourth-order valence-electron chi connectivity index (χ4n) is 4.25. The van der Waals surface area contributed by atoms with Gasteiger partial charge in [-0.2, -0.15) is 13.2 Å². The Kier molecular flexibility index (Phi) is 7.41. The van der Waals surface area contributed by atoms with E-state index in [1.165, 1.54) is 25.3 Å². The molecule has 33 heavy (non-hydrogen) atoms. The molecule has 0 aromatic heterocycles. The van der Waals surface area contributed by atoms with Gasteiger partial charge in [-0.05, 0) is 56.5 Å². The number of hydrogen-bond acceptors (Lipinski definition) is 4. The van der Waals surface area contributed by atoms with Crippen LogP contribution in [0, 0.1) is 5.82 Å². The predicted octanol–water partition coefficient (Wildman–Crippen LogP) is 5.83. The lowest BCUT2D eigenvalue weighted by Gasteiger charge is -2.42. The molecule has 1 saturated heterocycles. The molecule has 1 fully saturated rings. The normalized spacial score (nSPS) is 25.1. The maximum atomic E-state index is 14.9. The summed E-state index contributed by atoms with van der Waals surface area (Å²) in [5.74, 6) is -0.663. The molecule has 4 atom stereocenters. The van der Waals surface area contributed by atoms with E-state index >= 15 is 0 Å². The van der Waals surface area contributed by atoms with Gasteiger partial charge in [-0.1, -0.05) is 25.5 Å². The minimum atomic E-state index is -4.68. The van der Waals surface area contributed by atoms with Gasteiger partial charge in [0.05, 0.1) is 27.4 Å². The van der Waals surface area contributed by atoms with Crippen LogP contribution in [-0.4, -0.2) is 29.7 Å². The molecule has 1 aliphatic heterocycles.